The Morgan fingerprint density at radius 3 is 2.95 bits per heavy atom. The van der Waals surface area contributed by atoms with Crippen LogP contribution in [0.3, 0.4) is 0 Å². The molecule has 108 valence electrons. The first-order valence-electron chi connectivity index (χ1n) is 7.23. The van der Waals surface area contributed by atoms with E-state index in [2.05, 4.69) is 43.8 Å². The average Bonchev–Trinajstić information content (AvgIpc) is 3.15. The third-order valence-corrected chi connectivity index (χ3v) is 4.97. The van der Waals surface area contributed by atoms with Gasteiger partial charge < -0.3 is 10.2 Å². The van der Waals surface area contributed by atoms with E-state index < -0.39 is 0 Å². The lowest BCUT2D eigenvalue weighted by Crippen LogP contribution is -2.41. The number of piperidine rings is 1. The summed E-state index contributed by atoms with van der Waals surface area (Å²) in [4.78, 5) is 8.17. The van der Waals surface area contributed by atoms with E-state index in [0.717, 1.165) is 44.1 Å². The van der Waals surface area contributed by atoms with Crippen molar-refractivity contribution in [3.8, 4) is 10.7 Å². The van der Waals surface area contributed by atoms with Gasteiger partial charge in [0, 0.05) is 19.1 Å². The Morgan fingerprint density at radius 1 is 1.45 bits per heavy atom. The van der Waals surface area contributed by atoms with E-state index in [9.17, 15) is 0 Å². The molecule has 0 radical (unpaired) electrons. The Hall–Kier alpha value is -1.40. The van der Waals surface area contributed by atoms with Crippen molar-refractivity contribution in [1.29, 1.82) is 0 Å². The molecule has 5 nitrogen and oxygen atoms in total. The molecule has 1 saturated heterocycles. The van der Waals surface area contributed by atoms with Crippen LogP contribution in [0.15, 0.2) is 11.4 Å². The lowest BCUT2D eigenvalue weighted by molar-refractivity contribution is 0.439. The van der Waals surface area contributed by atoms with Crippen molar-refractivity contribution in [1.82, 2.24) is 20.5 Å². The van der Waals surface area contributed by atoms with Crippen molar-refractivity contribution in [2.45, 2.75) is 32.2 Å². The number of aromatic nitrogens is 3. The highest BCUT2D eigenvalue weighted by atomic mass is 32.1. The second kappa shape index (κ2) is 5.93. The number of rotatable bonds is 4. The number of aryl methyl sites for hydroxylation is 1. The molecule has 1 aliphatic rings. The molecule has 0 amide bonds. The minimum absolute atomic E-state index is 0.633. The fourth-order valence-corrected chi connectivity index (χ4v) is 3.62. The highest BCUT2D eigenvalue weighted by molar-refractivity contribution is 7.13. The molecule has 2 aromatic heterocycles. The Bertz CT molecular complexity index is 553. The maximum Gasteiger partial charge on any atom is 0.245 e. The molecule has 6 heteroatoms. The summed E-state index contributed by atoms with van der Waals surface area (Å²) in [6, 6.07) is 2.80. The maximum atomic E-state index is 4.69. The van der Waals surface area contributed by atoms with Gasteiger partial charge in [-0.25, -0.2) is 0 Å². The van der Waals surface area contributed by atoms with Crippen LogP contribution in [-0.2, 0) is 6.42 Å². The number of H-pyrrole nitrogens is 1. The summed E-state index contributed by atoms with van der Waals surface area (Å²) < 4.78 is 0. The zero-order chi connectivity index (χ0) is 13.9. The van der Waals surface area contributed by atoms with Gasteiger partial charge in [0.1, 0.15) is 0 Å². The first-order valence-corrected chi connectivity index (χ1v) is 8.11. The first kappa shape index (κ1) is 13.6. The molecule has 1 fully saturated rings. The van der Waals surface area contributed by atoms with Gasteiger partial charge in [-0.1, -0.05) is 6.92 Å². The minimum atomic E-state index is 0.633. The third kappa shape index (κ3) is 2.58. The summed E-state index contributed by atoms with van der Waals surface area (Å²) in [6.45, 7) is 4.22. The van der Waals surface area contributed by atoms with Gasteiger partial charge in [0.15, 0.2) is 5.82 Å². The molecule has 3 rings (SSSR count). The molecule has 0 aliphatic carbocycles. The van der Waals surface area contributed by atoms with Gasteiger partial charge >= 0.3 is 0 Å². The predicted molar refractivity (Wildman–Crippen MR) is 83.4 cm³/mol. The highest BCUT2D eigenvalue weighted by Crippen LogP contribution is 2.28. The predicted octanol–water partition coefficient (Wildman–Crippen LogP) is 2.28. The molecule has 0 saturated carbocycles. The normalized spacial score (nSPS) is 16.8. The lowest BCUT2D eigenvalue weighted by atomic mass is 10.1. The molecule has 0 spiro atoms. The van der Waals surface area contributed by atoms with E-state index >= 15 is 0 Å². The number of thiophene rings is 1. The Morgan fingerprint density at radius 2 is 2.25 bits per heavy atom. The largest absolute Gasteiger partial charge is 0.339 e. The fraction of sp³-hybridized carbons (Fsp3) is 0.571. The van der Waals surface area contributed by atoms with Gasteiger partial charge in [0.2, 0.25) is 5.95 Å². The maximum absolute atomic E-state index is 4.69. The zero-order valence-electron chi connectivity index (χ0n) is 12.0. The van der Waals surface area contributed by atoms with Gasteiger partial charge in [-0.05, 0) is 43.3 Å². The summed E-state index contributed by atoms with van der Waals surface area (Å²) in [7, 11) is 2.04. The molecule has 0 unspecified atom stereocenters. The van der Waals surface area contributed by atoms with Crippen LogP contribution in [0.2, 0.25) is 0 Å². The summed E-state index contributed by atoms with van der Waals surface area (Å²) in [5.74, 6) is 1.74. The molecule has 3 heterocycles. The molecule has 0 bridgehead atoms. The number of nitrogens with zero attached hydrogens (tertiary/aromatic N) is 3. The van der Waals surface area contributed by atoms with Crippen LogP contribution >= 0.6 is 11.3 Å². The van der Waals surface area contributed by atoms with Crippen molar-refractivity contribution >= 4 is 17.3 Å². The molecule has 0 atom stereocenters. The number of hydrogen-bond donors (Lipinski definition) is 2. The van der Waals surface area contributed by atoms with Crippen LogP contribution in [0, 0.1) is 0 Å². The van der Waals surface area contributed by atoms with Gasteiger partial charge in [-0.2, -0.15) is 4.98 Å². The Labute approximate surface area is 123 Å². The van der Waals surface area contributed by atoms with Gasteiger partial charge in [0.25, 0.3) is 0 Å². The summed E-state index contributed by atoms with van der Waals surface area (Å²) in [5.41, 5.74) is 1.34. The van der Waals surface area contributed by atoms with Crippen LogP contribution in [0.5, 0.6) is 0 Å². The average molecular weight is 291 g/mol. The third-order valence-electron chi connectivity index (χ3n) is 4.00. The quantitative estimate of drug-likeness (QED) is 0.907. The first-order chi connectivity index (χ1) is 9.81. The number of anilines is 1. The number of nitrogens with one attached hydrogen (secondary N) is 2. The lowest BCUT2D eigenvalue weighted by Gasteiger charge is -2.30. The molecule has 0 aromatic carbocycles. The minimum Gasteiger partial charge on any atom is -0.339 e. The molecular formula is C14H21N5S. The van der Waals surface area contributed by atoms with Gasteiger partial charge in [-0.15, -0.1) is 16.4 Å². The van der Waals surface area contributed by atoms with E-state index in [4.69, 9.17) is 0 Å². The summed E-state index contributed by atoms with van der Waals surface area (Å²) in [6.07, 6.45) is 3.33. The van der Waals surface area contributed by atoms with E-state index in [0.29, 0.717) is 6.04 Å². The monoisotopic (exact) mass is 291 g/mol. The summed E-state index contributed by atoms with van der Waals surface area (Å²) in [5, 5.41) is 13.0. The summed E-state index contributed by atoms with van der Waals surface area (Å²) >= 11 is 1.73. The van der Waals surface area contributed by atoms with Crippen molar-refractivity contribution < 1.29 is 0 Å². The van der Waals surface area contributed by atoms with Crippen molar-refractivity contribution in [2.75, 3.05) is 25.0 Å². The van der Waals surface area contributed by atoms with Crippen molar-refractivity contribution in [3.63, 3.8) is 0 Å². The molecule has 1 aliphatic heterocycles. The van der Waals surface area contributed by atoms with E-state index in [1.54, 1.807) is 11.3 Å². The van der Waals surface area contributed by atoms with Crippen molar-refractivity contribution in [2.24, 2.45) is 0 Å². The topological polar surface area (TPSA) is 56.8 Å². The van der Waals surface area contributed by atoms with Crippen LogP contribution in [0.4, 0.5) is 5.95 Å². The van der Waals surface area contributed by atoms with Gasteiger partial charge in [0.05, 0.1) is 4.88 Å². The van der Waals surface area contributed by atoms with E-state index in [-0.39, 0.29) is 0 Å². The second-order valence-electron chi connectivity index (χ2n) is 5.16. The molecule has 20 heavy (non-hydrogen) atoms. The van der Waals surface area contributed by atoms with Crippen LogP contribution in [0.1, 0.15) is 25.3 Å². The number of aromatic amines is 1. The smallest absolute Gasteiger partial charge is 0.245 e. The highest BCUT2D eigenvalue weighted by Gasteiger charge is 2.21. The molecular weight excluding hydrogens is 270 g/mol. The Balaban J connectivity index is 1.74. The molecule has 2 N–H and O–H groups in total. The standard InChI is InChI=1S/C14H21N5S/c1-3-10-6-9-20-12(10)13-16-14(18-17-13)19-7-4-11(15-2)5-8-19/h6,9,11,15H,3-5,7-8H2,1-2H3,(H,16,17,18). The SMILES string of the molecule is CCc1ccsc1-c1nc(N2CCC(NC)CC2)n[nH]1. The fourth-order valence-electron chi connectivity index (χ4n) is 2.69. The van der Waals surface area contributed by atoms with E-state index in [1.165, 1.54) is 10.4 Å². The Kier molecular flexibility index (Phi) is 4.03. The number of hydrogen-bond acceptors (Lipinski definition) is 5. The van der Waals surface area contributed by atoms with E-state index in [1.807, 2.05) is 7.05 Å². The second-order valence-corrected chi connectivity index (χ2v) is 6.08. The van der Waals surface area contributed by atoms with Crippen LogP contribution < -0.4 is 10.2 Å². The van der Waals surface area contributed by atoms with Crippen molar-refractivity contribution in [3.05, 3.63) is 17.0 Å². The molecule has 2 aromatic rings. The van der Waals surface area contributed by atoms with Crippen LogP contribution in [0.25, 0.3) is 10.7 Å². The van der Waals surface area contributed by atoms with Gasteiger partial charge in [-0.3, -0.25) is 5.10 Å². The zero-order valence-corrected chi connectivity index (χ0v) is 12.8. The van der Waals surface area contributed by atoms with Crippen LogP contribution in [-0.4, -0.2) is 41.4 Å².